The summed E-state index contributed by atoms with van der Waals surface area (Å²) in [4.78, 5) is 11.3. The fraction of sp³-hybridized carbons (Fsp3) is 0.300. The number of carbonyl (C=O) groups excluding carboxylic acids is 1. The molecule has 76 valence electrons. The van der Waals surface area contributed by atoms with Crippen LogP contribution in [0.15, 0.2) is 22.7 Å². The number of rotatable bonds is 3. The molecule has 0 aliphatic heterocycles. The van der Waals surface area contributed by atoms with Crippen LogP contribution in [-0.4, -0.2) is 18.4 Å². The summed E-state index contributed by atoms with van der Waals surface area (Å²) in [5, 5.41) is 0.884. The average Bonchev–Trinajstić information content (AvgIpc) is 2.20. The average molecular weight is 322 g/mol. The summed E-state index contributed by atoms with van der Waals surface area (Å²) in [6.45, 7) is 0. The maximum Gasteiger partial charge on any atom is 0.339 e. The summed E-state index contributed by atoms with van der Waals surface area (Å²) in [6, 6.07) is 5.69. The zero-order valence-electron chi connectivity index (χ0n) is 7.72. The number of ether oxygens (including phenoxy) is 1. The van der Waals surface area contributed by atoms with Crippen LogP contribution >= 0.6 is 31.9 Å². The highest BCUT2D eigenvalue weighted by atomic mass is 79.9. The van der Waals surface area contributed by atoms with Gasteiger partial charge in [-0.05, 0) is 40.0 Å². The second kappa shape index (κ2) is 5.51. The molecule has 2 nitrogen and oxygen atoms in total. The lowest BCUT2D eigenvalue weighted by atomic mass is 10.1. The molecule has 0 N–H and O–H groups in total. The van der Waals surface area contributed by atoms with Crippen molar-refractivity contribution in [2.24, 2.45) is 0 Å². The molecule has 0 fully saturated rings. The third-order valence-electron chi connectivity index (χ3n) is 1.82. The molecule has 1 aromatic rings. The van der Waals surface area contributed by atoms with Crippen LogP contribution < -0.4 is 0 Å². The van der Waals surface area contributed by atoms with Gasteiger partial charge in [0.1, 0.15) is 0 Å². The molecule has 0 aliphatic carbocycles. The van der Waals surface area contributed by atoms with E-state index in [1.54, 1.807) is 0 Å². The molecule has 1 aromatic carbocycles. The second-order valence-electron chi connectivity index (χ2n) is 2.74. The van der Waals surface area contributed by atoms with Crippen molar-refractivity contribution in [1.29, 1.82) is 0 Å². The third-order valence-corrected chi connectivity index (χ3v) is 2.91. The lowest BCUT2D eigenvalue weighted by Crippen LogP contribution is -2.03. The monoisotopic (exact) mass is 320 g/mol. The molecule has 0 bridgehead atoms. The number of hydrogen-bond donors (Lipinski definition) is 0. The minimum absolute atomic E-state index is 0.312. The quantitative estimate of drug-likeness (QED) is 0.631. The van der Waals surface area contributed by atoms with Gasteiger partial charge in [0.25, 0.3) is 0 Å². The van der Waals surface area contributed by atoms with Gasteiger partial charge in [-0.25, -0.2) is 4.79 Å². The molecule has 0 heterocycles. The summed E-state index contributed by atoms with van der Waals surface area (Å²) in [7, 11) is 1.38. The zero-order chi connectivity index (χ0) is 10.6. The molecule has 0 amide bonds. The van der Waals surface area contributed by atoms with E-state index in [9.17, 15) is 4.79 Å². The van der Waals surface area contributed by atoms with Gasteiger partial charge in [0.15, 0.2) is 0 Å². The maximum absolute atomic E-state index is 11.3. The molecule has 0 radical (unpaired) electrons. The van der Waals surface area contributed by atoms with Crippen molar-refractivity contribution in [2.45, 2.75) is 6.42 Å². The molecule has 0 unspecified atom stereocenters. The van der Waals surface area contributed by atoms with E-state index in [0.717, 1.165) is 21.8 Å². The highest BCUT2D eigenvalue weighted by molar-refractivity contribution is 9.10. The van der Waals surface area contributed by atoms with Gasteiger partial charge in [0, 0.05) is 9.80 Å². The minimum Gasteiger partial charge on any atom is -0.465 e. The first-order chi connectivity index (χ1) is 6.69. The van der Waals surface area contributed by atoms with Crippen molar-refractivity contribution >= 4 is 37.8 Å². The molecule has 0 saturated carbocycles. The van der Waals surface area contributed by atoms with Gasteiger partial charge in [-0.15, -0.1) is 0 Å². The number of halogens is 2. The standard InChI is InChI=1S/C10H10Br2O2/c1-14-10(13)8-6-7(4-5-11)2-3-9(8)12/h2-3,6H,4-5H2,1H3. The van der Waals surface area contributed by atoms with E-state index in [1.807, 2.05) is 18.2 Å². The van der Waals surface area contributed by atoms with Gasteiger partial charge in [-0.1, -0.05) is 22.0 Å². The summed E-state index contributed by atoms with van der Waals surface area (Å²) in [6.07, 6.45) is 0.900. The first-order valence-electron chi connectivity index (χ1n) is 4.11. The molecular weight excluding hydrogens is 312 g/mol. The number of alkyl halides is 1. The number of carbonyl (C=O) groups is 1. The van der Waals surface area contributed by atoms with E-state index in [1.165, 1.54) is 7.11 Å². The maximum atomic E-state index is 11.3. The highest BCUT2D eigenvalue weighted by Gasteiger charge is 2.10. The number of hydrogen-bond acceptors (Lipinski definition) is 2. The van der Waals surface area contributed by atoms with Gasteiger partial charge in [0.05, 0.1) is 12.7 Å². The Balaban J connectivity index is 3.01. The predicted octanol–water partition coefficient (Wildman–Crippen LogP) is 3.17. The molecule has 0 atom stereocenters. The Labute approximate surface area is 99.9 Å². The van der Waals surface area contributed by atoms with Crippen LogP contribution in [0.3, 0.4) is 0 Å². The first kappa shape index (κ1) is 11.7. The highest BCUT2D eigenvalue weighted by Crippen LogP contribution is 2.19. The molecule has 14 heavy (non-hydrogen) atoms. The normalized spacial score (nSPS) is 9.93. The van der Waals surface area contributed by atoms with Crippen molar-refractivity contribution in [3.8, 4) is 0 Å². The lowest BCUT2D eigenvalue weighted by molar-refractivity contribution is 0.0599. The van der Waals surface area contributed by atoms with Gasteiger partial charge < -0.3 is 4.74 Å². The van der Waals surface area contributed by atoms with E-state index < -0.39 is 0 Å². The molecule has 0 saturated heterocycles. The third kappa shape index (κ3) is 2.82. The van der Waals surface area contributed by atoms with Crippen LogP contribution in [0.1, 0.15) is 15.9 Å². The number of esters is 1. The van der Waals surface area contributed by atoms with Crippen LogP contribution in [-0.2, 0) is 11.2 Å². The largest absolute Gasteiger partial charge is 0.465 e. The van der Waals surface area contributed by atoms with Gasteiger partial charge in [-0.2, -0.15) is 0 Å². The van der Waals surface area contributed by atoms with Crippen molar-refractivity contribution in [3.63, 3.8) is 0 Å². The Morgan fingerprint density at radius 2 is 2.21 bits per heavy atom. The summed E-state index contributed by atoms with van der Waals surface area (Å²) in [5.41, 5.74) is 1.69. The summed E-state index contributed by atoms with van der Waals surface area (Å²) >= 11 is 6.67. The van der Waals surface area contributed by atoms with Crippen molar-refractivity contribution in [2.75, 3.05) is 12.4 Å². The van der Waals surface area contributed by atoms with Crippen molar-refractivity contribution in [1.82, 2.24) is 0 Å². The van der Waals surface area contributed by atoms with Crippen LogP contribution in [0.5, 0.6) is 0 Å². The number of methoxy groups -OCH3 is 1. The Bertz CT molecular complexity index is 337. The fourth-order valence-corrected chi connectivity index (χ4v) is 1.97. The van der Waals surface area contributed by atoms with Crippen molar-refractivity contribution < 1.29 is 9.53 Å². The van der Waals surface area contributed by atoms with E-state index in [0.29, 0.717) is 5.56 Å². The van der Waals surface area contributed by atoms with Crippen LogP contribution in [0.2, 0.25) is 0 Å². The molecule has 1 rings (SSSR count). The van der Waals surface area contributed by atoms with E-state index in [2.05, 4.69) is 36.6 Å². The predicted molar refractivity (Wildman–Crippen MR) is 63.0 cm³/mol. The summed E-state index contributed by atoms with van der Waals surface area (Å²) in [5.74, 6) is -0.312. The Morgan fingerprint density at radius 1 is 1.50 bits per heavy atom. The van der Waals surface area contributed by atoms with Gasteiger partial charge >= 0.3 is 5.97 Å². The summed E-state index contributed by atoms with van der Waals surface area (Å²) < 4.78 is 5.44. The second-order valence-corrected chi connectivity index (χ2v) is 4.39. The number of aryl methyl sites for hydroxylation is 1. The molecule has 0 aromatic heterocycles. The molecular formula is C10H10Br2O2. The van der Waals surface area contributed by atoms with E-state index in [4.69, 9.17) is 0 Å². The smallest absolute Gasteiger partial charge is 0.339 e. The van der Waals surface area contributed by atoms with Gasteiger partial charge in [0.2, 0.25) is 0 Å². The van der Waals surface area contributed by atoms with Crippen molar-refractivity contribution in [3.05, 3.63) is 33.8 Å². The topological polar surface area (TPSA) is 26.3 Å². The Kier molecular flexibility index (Phi) is 4.62. The Morgan fingerprint density at radius 3 is 2.79 bits per heavy atom. The zero-order valence-corrected chi connectivity index (χ0v) is 10.9. The van der Waals surface area contributed by atoms with Crippen LogP contribution in [0, 0.1) is 0 Å². The fourth-order valence-electron chi connectivity index (χ4n) is 1.10. The van der Waals surface area contributed by atoms with Crippen LogP contribution in [0.25, 0.3) is 0 Å². The minimum atomic E-state index is -0.312. The Hall–Kier alpha value is -0.350. The number of benzene rings is 1. The molecule has 0 aliphatic rings. The lowest BCUT2D eigenvalue weighted by Gasteiger charge is -2.04. The van der Waals surface area contributed by atoms with E-state index >= 15 is 0 Å². The van der Waals surface area contributed by atoms with Gasteiger partial charge in [-0.3, -0.25) is 0 Å². The molecule has 4 heteroatoms. The molecule has 0 spiro atoms. The SMILES string of the molecule is COC(=O)c1cc(CCBr)ccc1Br. The first-order valence-corrected chi connectivity index (χ1v) is 6.03. The van der Waals surface area contributed by atoms with E-state index in [-0.39, 0.29) is 5.97 Å². The van der Waals surface area contributed by atoms with Crippen LogP contribution in [0.4, 0.5) is 0 Å².